The van der Waals surface area contributed by atoms with Crippen molar-refractivity contribution < 1.29 is 12.8 Å². The molecule has 4 nitrogen and oxygen atoms in total. The van der Waals surface area contributed by atoms with Crippen LogP contribution in [0.15, 0.2) is 23.1 Å². The van der Waals surface area contributed by atoms with Gasteiger partial charge in [-0.1, -0.05) is 26.7 Å². The van der Waals surface area contributed by atoms with Crippen LogP contribution in [0.3, 0.4) is 0 Å². The molecule has 1 aromatic carbocycles. The van der Waals surface area contributed by atoms with Gasteiger partial charge in [0, 0.05) is 18.2 Å². The maximum atomic E-state index is 13.4. The van der Waals surface area contributed by atoms with Crippen LogP contribution in [0.2, 0.25) is 0 Å². The first-order valence-electron chi connectivity index (χ1n) is 6.86. The van der Waals surface area contributed by atoms with Gasteiger partial charge in [0.1, 0.15) is 5.82 Å². The molecule has 0 heterocycles. The van der Waals surface area contributed by atoms with Gasteiger partial charge in [0.2, 0.25) is 10.0 Å². The molecule has 0 fully saturated rings. The fourth-order valence-electron chi connectivity index (χ4n) is 2.28. The molecule has 0 aliphatic carbocycles. The summed E-state index contributed by atoms with van der Waals surface area (Å²) in [6.07, 6.45) is 1.80. The van der Waals surface area contributed by atoms with Gasteiger partial charge in [-0.25, -0.2) is 17.5 Å². The van der Waals surface area contributed by atoms with Crippen LogP contribution in [0, 0.1) is 11.7 Å². The van der Waals surface area contributed by atoms with Crippen molar-refractivity contribution in [3.63, 3.8) is 0 Å². The predicted molar refractivity (Wildman–Crippen MR) is 78.1 cm³/mol. The minimum absolute atomic E-state index is 0.0305. The molecule has 1 unspecified atom stereocenters. The first-order valence-corrected chi connectivity index (χ1v) is 8.34. The van der Waals surface area contributed by atoms with Crippen LogP contribution in [-0.2, 0) is 16.6 Å². The van der Waals surface area contributed by atoms with Crippen LogP contribution < -0.4 is 10.5 Å². The fourth-order valence-corrected chi connectivity index (χ4v) is 3.64. The Morgan fingerprint density at radius 3 is 2.40 bits per heavy atom. The number of rotatable bonds is 7. The molecule has 0 aromatic heterocycles. The first-order chi connectivity index (χ1) is 9.35. The Morgan fingerprint density at radius 2 is 1.90 bits per heavy atom. The highest BCUT2D eigenvalue weighted by molar-refractivity contribution is 7.89. The lowest BCUT2D eigenvalue weighted by molar-refractivity contribution is 0.390. The van der Waals surface area contributed by atoms with E-state index in [0.29, 0.717) is 0 Å². The highest BCUT2D eigenvalue weighted by Gasteiger charge is 2.22. The van der Waals surface area contributed by atoms with E-state index in [1.807, 2.05) is 20.8 Å². The van der Waals surface area contributed by atoms with Crippen LogP contribution >= 0.6 is 0 Å². The lowest BCUT2D eigenvalue weighted by atomic mass is 9.96. The molecular weight excluding hydrogens is 279 g/mol. The van der Waals surface area contributed by atoms with E-state index in [1.165, 1.54) is 12.1 Å². The molecule has 0 saturated heterocycles. The zero-order valence-corrected chi connectivity index (χ0v) is 13.0. The quantitative estimate of drug-likeness (QED) is 0.812. The molecule has 0 aliphatic heterocycles. The van der Waals surface area contributed by atoms with Gasteiger partial charge in [0.05, 0.1) is 4.90 Å². The zero-order chi connectivity index (χ0) is 15.3. The maximum absolute atomic E-state index is 13.4. The number of nitrogens with one attached hydrogen (secondary N) is 1. The molecule has 0 bridgehead atoms. The summed E-state index contributed by atoms with van der Waals surface area (Å²) in [6, 6.07) is 3.52. The summed E-state index contributed by atoms with van der Waals surface area (Å²) in [5, 5.41) is 0. The number of nitrogens with two attached hydrogens (primary N) is 1. The van der Waals surface area contributed by atoms with E-state index in [9.17, 15) is 12.8 Å². The van der Waals surface area contributed by atoms with E-state index in [1.54, 1.807) is 0 Å². The summed E-state index contributed by atoms with van der Waals surface area (Å²) in [7, 11) is -3.65. The standard InChI is InChI=1S/C14H23FN2O2S/c1-4-11(5-2)10(3)17-20(18,19)13-6-7-14(15)12(8-13)9-16/h6-8,10-11,17H,4-5,9,16H2,1-3H3. The van der Waals surface area contributed by atoms with E-state index in [0.717, 1.165) is 18.9 Å². The Labute approximate surface area is 120 Å². The van der Waals surface area contributed by atoms with Crippen LogP contribution in [0.1, 0.15) is 39.2 Å². The van der Waals surface area contributed by atoms with Crippen LogP contribution in [-0.4, -0.2) is 14.5 Å². The largest absolute Gasteiger partial charge is 0.326 e. The Kier molecular flexibility index (Phi) is 6.10. The van der Waals surface area contributed by atoms with Gasteiger partial charge in [-0.3, -0.25) is 0 Å². The molecule has 1 rings (SSSR count). The van der Waals surface area contributed by atoms with E-state index >= 15 is 0 Å². The molecule has 0 aliphatic rings. The zero-order valence-electron chi connectivity index (χ0n) is 12.2. The molecule has 1 atom stereocenters. The third kappa shape index (κ3) is 4.01. The summed E-state index contributed by atoms with van der Waals surface area (Å²) in [5.41, 5.74) is 5.60. The average molecular weight is 302 g/mol. The van der Waals surface area contributed by atoms with Gasteiger partial charge < -0.3 is 5.73 Å². The molecule has 6 heteroatoms. The summed E-state index contributed by atoms with van der Waals surface area (Å²) in [4.78, 5) is 0.0529. The second-order valence-corrected chi connectivity index (χ2v) is 6.66. The number of hydrogen-bond acceptors (Lipinski definition) is 3. The van der Waals surface area contributed by atoms with Gasteiger partial charge in [0.25, 0.3) is 0 Å². The van der Waals surface area contributed by atoms with Crippen molar-refractivity contribution in [1.29, 1.82) is 0 Å². The van der Waals surface area contributed by atoms with Gasteiger partial charge >= 0.3 is 0 Å². The first kappa shape index (κ1) is 17.1. The van der Waals surface area contributed by atoms with Crippen LogP contribution in [0.25, 0.3) is 0 Å². The Morgan fingerprint density at radius 1 is 1.30 bits per heavy atom. The van der Waals surface area contributed by atoms with E-state index in [4.69, 9.17) is 5.73 Å². The number of hydrogen-bond donors (Lipinski definition) is 2. The average Bonchev–Trinajstić information content (AvgIpc) is 2.39. The minimum atomic E-state index is -3.65. The van der Waals surface area contributed by atoms with Crippen LogP contribution in [0.4, 0.5) is 4.39 Å². The summed E-state index contributed by atoms with van der Waals surface area (Å²) >= 11 is 0. The number of benzene rings is 1. The maximum Gasteiger partial charge on any atom is 0.240 e. The third-order valence-corrected chi connectivity index (χ3v) is 5.20. The van der Waals surface area contributed by atoms with Crippen molar-refractivity contribution >= 4 is 10.0 Å². The second-order valence-electron chi connectivity index (χ2n) is 4.94. The summed E-state index contributed by atoms with van der Waals surface area (Å²) < 4.78 is 40.6. The Hall–Kier alpha value is -0.980. The highest BCUT2D eigenvalue weighted by atomic mass is 32.2. The smallest absolute Gasteiger partial charge is 0.240 e. The van der Waals surface area contributed by atoms with Gasteiger partial charge in [-0.05, 0) is 31.0 Å². The highest BCUT2D eigenvalue weighted by Crippen LogP contribution is 2.18. The fraction of sp³-hybridized carbons (Fsp3) is 0.571. The SMILES string of the molecule is CCC(CC)C(C)NS(=O)(=O)c1ccc(F)c(CN)c1. The van der Waals surface area contributed by atoms with Gasteiger partial charge in [0.15, 0.2) is 0 Å². The van der Waals surface area contributed by atoms with Crippen molar-refractivity contribution in [2.24, 2.45) is 11.7 Å². The number of sulfonamides is 1. The topological polar surface area (TPSA) is 72.2 Å². The monoisotopic (exact) mass is 302 g/mol. The molecule has 114 valence electrons. The van der Waals surface area contributed by atoms with E-state index < -0.39 is 15.8 Å². The summed E-state index contributed by atoms with van der Waals surface area (Å²) in [5.74, 6) is -0.210. The normalized spacial score (nSPS) is 13.7. The van der Waals surface area contributed by atoms with Crippen molar-refractivity contribution in [1.82, 2.24) is 4.72 Å². The molecular formula is C14H23FN2O2S. The van der Waals surface area contributed by atoms with Gasteiger partial charge in [-0.2, -0.15) is 0 Å². The van der Waals surface area contributed by atoms with Crippen molar-refractivity contribution in [2.75, 3.05) is 0 Å². The lowest BCUT2D eigenvalue weighted by Gasteiger charge is -2.22. The van der Waals surface area contributed by atoms with Gasteiger partial charge in [-0.15, -0.1) is 0 Å². The van der Waals surface area contributed by atoms with E-state index in [2.05, 4.69) is 4.72 Å². The molecule has 3 N–H and O–H groups in total. The Bertz CT molecular complexity index is 542. The summed E-state index contributed by atoms with van der Waals surface area (Å²) in [6.45, 7) is 5.88. The van der Waals surface area contributed by atoms with Crippen LogP contribution in [0.5, 0.6) is 0 Å². The molecule has 0 radical (unpaired) electrons. The molecule has 20 heavy (non-hydrogen) atoms. The van der Waals surface area contributed by atoms with Crippen molar-refractivity contribution in [3.8, 4) is 0 Å². The Balaban J connectivity index is 2.99. The number of halogens is 1. The van der Waals surface area contributed by atoms with Crippen molar-refractivity contribution in [2.45, 2.75) is 51.1 Å². The lowest BCUT2D eigenvalue weighted by Crippen LogP contribution is -2.37. The van der Waals surface area contributed by atoms with E-state index in [-0.39, 0.29) is 29.0 Å². The minimum Gasteiger partial charge on any atom is -0.326 e. The third-order valence-electron chi connectivity index (χ3n) is 3.64. The molecule has 0 saturated carbocycles. The molecule has 1 aromatic rings. The predicted octanol–water partition coefficient (Wildman–Crippen LogP) is 2.39. The second kappa shape index (κ2) is 7.15. The molecule has 0 amide bonds. The molecule has 0 spiro atoms. The van der Waals surface area contributed by atoms with Crippen molar-refractivity contribution in [3.05, 3.63) is 29.6 Å².